The minimum atomic E-state index is -1.51. The summed E-state index contributed by atoms with van der Waals surface area (Å²) in [5.41, 5.74) is -0.296. The molecule has 0 fully saturated rings. The number of hydrogen-bond acceptors (Lipinski definition) is 4. The maximum Gasteiger partial charge on any atom is 0.511 e. The lowest BCUT2D eigenvalue weighted by molar-refractivity contribution is 0.144. The lowest BCUT2D eigenvalue weighted by atomic mass is 10.2. The van der Waals surface area contributed by atoms with E-state index in [1.165, 1.54) is 41.0 Å². The molecular weight excluding hydrogens is 343 g/mol. The SMILES string of the molecule is CCn1c(=O)n(Cc2cccc(F)c2)c(=O)c2cc(OC(=O)O)ccc21. The van der Waals surface area contributed by atoms with Crippen LogP contribution in [0, 0.1) is 5.82 Å². The first-order valence-electron chi connectivity index (χ1n) is 7.83. The van der Waals surface area contributed by atoms with Crippen LogP contribution in [-0.2, 0) is 13.1 Å². The Kier molecular flexibility index (Phi) is 4.57. The zero-order valence-corrected chi connectivity index (χ0v) is 13.8. The molecule has 0 spiro atoms. The summed E-state index contributed by atoms with van der Waals surface area (Å²) in [6, 6.07) is 9.74. The number of benzene rings is 2. The van der Waals surface area contributed by atoms with Crippen molar-refractivity contribution in [3.8, 4) is 5.75 Å². The summed E-state index contributed by atoms with van der Waals surface area (Å²) in [5.74, 6) is -0.495. The molecule has 26 heavy (non-hydrogen) atoms. The van der Waals surface area contributed by atoms with Gasteiger partial charge in [-0.1, -0.05) is 12.1 Å². The predicted molar refractivity (Wildman–Crippen MR) is 92.3 cm³/mol. The van der Waals surface area contributed by atoms with Gasteiger partial charge in [0.1, 0.15) is 11.6 Å². The molecule has 7 nitrogen and oxygen atoms in total. The fourth-order valence-electron chi connectivity index (χ4n) is 2.83. The molecule has 2 aromatic carbocycles. The molecule has 0 unspecified atom stereocenters. The molecule has 8 heteroatoms. The first kappa shape index (κ1) is 17.4. The van der Waals surface area contributed by atoms with E-state index in [1.807, 2.05) is 0 Å². The van der Waals surface area contributed by atoms with Crippen molar-refractivity contribution in [1.82, 2.24) is 9.13 Å². The molecule has 3 aromatic rings. The third-order valence-corrected chi connectivity index (χ3v) is 3.95. The molecule has 3 rings (SSSR count). The van der Waals surface area contributed by atoms with E-state index in [2.05, 4.69) is 4.74 Å². The van der Waals surface area contributed by atoms with Crippen molar-refractivity contribution in [1.29, 1.82) is 0 Å². The molecule has 0 aliphatic rings. The van der Waals surface area contributed by atoms with Crippen molar-refractivity contribution >= 4 is 17.1 Å². The summed E-state index contributed by atoms with van der Waals surface area (Å²) in [6.07, 6.45) is -1.51. The van der Waals surface area contributed by atoms with Crippen LogP contribution in [0.5, 0.6) is 5.75 Å². The Bertz CT molecular complexity index is 1120. The predicted octanol–water partition coefficient (Wildman–Crippen LogP) is 2.43. The summed E-state index contributed by atoms with van der Waals surface area (Å²) >= 11 is 0. The van der Waals surface area contributed by atoms with E-state index in [9.17, 15) is 18.8 Å². The first-order valence-corrected chi connectivity index (χ1v) is 7.83. The van der Waals surface area contributed by atoms with Gasteiger partial charge in [-0.25, -0.2) is 14.0 Å². The smallest absolute Gasteiger partial charge is 0.449 e. The quantitative estimate of drug-likeness (QED) is 0.571. The first-order chi connectivity index (χ1) is 12.4. The van der Waals surface area contributed by atoms with Gasteiger partial charge in [-0.05, 0) is 42.8 Å². The molecule has 0 aliphatic heterocycles. The number of ether oxygens (including phenoxy) is 1. The monoisotopic (exact) mass is 358 g/mol. The minimum Gasteiger partial charge on any atom is -0.449 e. The van der Waals surface area contributed by atoms with Crippen LogP contribution in [0.2, 0.25) is 0 Å². The summed E-state index contributed by atoms with van der Waals surface area (Å²) in [4.78, 5) is 36.2. The fourth-order valence-corrected chi connectivity index (χ4v) is 2.83. The largest absolute Gasteiger partial charge is 0.511 e. The number of aryl methyl sites for hydroxylation is 1. The number of carbonyl (C=O) groups is 1. The van der Waals surface area contributed by atoms with Crippen LogP contribution in [0.4, 0.5) is 9.18 Å². The van der Waals surface area contributed by atoms with Gasteiger partial charge in [0.15, 0.2) is 0 Å². The zero-order chi connectivity index (χ0) is 18.8. The Labute approximate surface area is 146 Å². The molecule has 0 amide bonds. The lowest BCUT2D eigenvalue weighted by Gasteiger charge is -2.13. The van der Waals surface area contributed by atoms with Gasteiger partial charge in [0, 0.05) is 6.54 Å². The van der Waals surface area contributed by atoms with Gasteiger partial charge < -0.3 is 9.84 Å². The normalized spacial score (nSPS) is 10.8. The van der Waals surface area contributed by atoms with E-state index in [0.29, 0.717) is 17.6 Å². The second-order valence-corrected chi connectivity index (χ2v) is 5.59. The number of carboxylic acid groups (broad SMARTS) is 1. The summed E-state index contributed by atoms with van der Waals surface area (Å²) < 4.78 is 20.4. The second kappa shape index (κ2) is 6.83. The second-order valence-electron chi connectivity index (χ2n) is 5.59. The Balaban J connectivity index is 2.23. The van der Waals surface area contributed by atoms with E-state index < -0.39 is 23.2 Å². The van der Waals surface area contributed by atoms with Gasteiger partial charge in [0.05, 0.1) is 17.4 Å². The lowest BCUT2D eigenvalue weighted by Crippen LogP contribution is -2.40. The molecule has 134 valence electrons. The van der Waals surface area contributed by atoms with E-state index in [0.717, 1.165) is 4.57 Å². The highest BCUT2D eigenvalue weighted by atomic mass is 19.1. The Morgan fingerprint density at radius 1 is 1.15 bits per heavy atom. The van der Waals surface area contributed by atoms with Crippen LogP contribution < -0.4 is 16.0 Å². The highest BCUT2D eigenvalue weighted by Gasteiger charge is 2.14. The molecule has 0 bridgehead atoms. The van der Waals surface area contributed by atoms with Crippen LogP contribution in [0.3, 0.4) is 0 Å². The molecule has 0 atom stereocenters. The third kappa shape index (κ3) is 3.21. The average Bonchev–Trinajstić information content (AvgIpc) is 2.59. The summed E-state index contributed by atoms with van der Waals surface area (Å²) in [5, 5.41) is 8.87. The number of hydrogen-bond donors (Lipinski definition) is 1. The number of fused-ring (bicyclic) bond motifs is 1. The maximum absolute atomic E-state index is 13.4. The van der Waals surface area contributed by atoms with Crippen LogP contribution >= 0.6 is 0 Å². The third-order valence-electron chi connectivity index (χ3n) is 3.95. The van der Waals surface area contributed by atoms with Crippen LogP contribution in [0.25, 0.3) is 10.9 Å². The van der Waals surface area contributed by atoms with Crippen molar-refractivity contribution in [3.63, 3.8) is 0 Å². The molecule has 0 saturated heterocycles. The van der Waals surface area contributed by atoms with Gasteiger partial charge in [0.25, 0.3) is 5.56 Å². The average molecular weight is 358 g/mol. The number of rotatable bonds is 4. The summed E-state index contributed by atoms with van der Waals surface area (Å²) in [7, 11) is 0. The van der Waals surface area contributed by atoms with E-state index in [1.54, 1.807) is 13.0 Å². The zero-order valence-electron chi connectivity index (χ0n) is 13.8. The van der Waals surface area contributed by atoms with E-state index in [-0.39, 0.29) is 17.7 Å². The molecule has 1 N–H and O–H groups in total. The Hall–Kier alpha value is -3.42. The van der Waals surface area contributed by atoms with E-state index >= 15 is 0 Å². The van der Waals surface area contributed by atoms with Crippen molar-refractivity contribution in [2.45, 2.75) is 20.0 Å². The van der Waals surface area contributed by atoms with Crippen LogP contribution in [-0.4, -0.2) is 20.4 Å². The Morgan fingerprint density at radius 2 is 1.92 bits per heavy atom. The van der Waals surface area contributed by atoms with Crippen molar-refractivity contribution in [2.75, 3.05) is 0 Å². The molecule has 1 heterocycles. The van der Waals surface area contributed by atoms with Gasteiger partial charge in [-0.2, -0.15) is 0 Å². The van der Waals surface area contributed by atoms with Gasteiger partial charge in [-0.15, -0.1) is 0 Å². The standard InChI is InChI=1S/C18H15FN2O5/c1-2-20-15-7-6-13(26-18(24)25)9-14(15)16(22)21(17(20)23)10-11-4-3-5-12(19)8-11/h3-9H,2,10H2,1H3,(H,24,25). The highest BCUT2D eigenvalue weighted by molar-refractivity contribution is 5.80. The van der Waals surface area contributed by atoms with Crippen LogP contribution in [0.1, 0.15) is 12.5 Å². The number of nitrogens with zero attached hydrogens (tertiary/aromatic N) is 2. The Morgan fingerprint density at radius 3 is 2.58 bits per heavy atom. The minimum absolute atomic E-state index is 0.0271. The van der Waals surface area contributed by atoms with Crippen molar-refractivity contribution in [2.24, 2.45) is 0 Å². The van der Waals surface area contributed by atoms with Crippen molar-refractivity contribution < 1.29 is 19.0 Å². The number of aromatic nitrogens is 2. The molecule has 1 aromatic heterocycles. The van der Waals surface area contributed by atoms with E-state index in [4.69, 9.17) is 5.11 Å². The van der Waals surface area contributed by atoms with Crippen molar-refractivity contribution in [3.05, 3.63) is 74.7 Å². The topological polar surface area (TPSA) is 90.5 Å². The van der Waals surface area contributed by atoms with Gasteiger partial charge in [0.2, 0.25) is 0 Å². The summed E-state index contributed by atoms with van der Waals surface area (Å²) in [6.45, 7) is 1.95. The molecular formula is C18H15FN2O5. The number of halogens is 1. The van der Waals surface area contributed by atoms with Crippen LogP contribution in [0.15, 0.2) is 52.1 Å². The maximum atomic E-state index is 13.4. The highest BCUT2D eigenvalue weighted by Crippen LogP contribution is 2.18. The van der Waals surface area contributed by atoms with Gasteiger partial charge in [-0.3, -0.25) is 13.9 Å². The molecule has 0 saturated carbocycles. The van der Waals surface area contributed by atoms with Gasteiger partial charge >= 0.3 is 11.8 Å². The molecule has 0 aliphatic carbocycles. The fraction of sp³-hybridized carbons (Fsp3) is 0.167. The molecule has 0 radical (unpaired) electrons.